The number of aryl methyl sites for hydroxylation is 2. The zero-order chi connectivity index (χ0) is 16.9. The van der Waals surface area contributed by atoms with Crippen molar-refractivity contribution in [2.75, 3.05) is 10.6 Å². The number of hydrogen-bond acceptors (Lipinski definition) is 4. The van der Waals surface area contributed by atoms with Crippen LogP contribution in [0.2, 0.25) is 0 Å². The average molecular weight is 318 g/mol. The van der Waals surface area contributed by atoms with Crippen LogP contribution in [0.1, 0.15) is 21.6 Å². The van der Waals surface area contributed by atoms with Crippen molar-refractivity contribution < 1.29 is 4.79 Å². The highest BCUT2D eigenvalue weighted by atomic mass is 16.1. The number of benzene rings is 2. The lowest BCUT2D eigenvalue weighted by Crippen LogP contribution is -2.14. The lowest BCUT2D eigenvalue weighted by Gasteiger charge is -2.08. The van der Waals surface area contributed by atoms with E-state index in [1.807, 2.05) is 62.4 Å². The maximum atomic E-state index is 12.2. The van der Waals surface area contributed by atoms with Crippen molar-refractivity contribution >= 4 is 23.1 Å². The van der Waals surface area contributed by atoms with Gasteiger partial charge in [-0.25, -0.2) is 0 Å². The van der Waals surface area contributed by atoms with Crippen LogP contribution in [-0.4, -0.2) is 16.1 Å². The molecule has 3 rings (SSSR count). The van der Waals surface area contributed by atoms with Gasteiger partial charge >= 0.3 is 0 Å². The summed E-state index contributed by atoms with van der Waals surface area (Å²) < 4.78 is 0. The molecule has 0 radical (unpaired) electrons. The Labute approximate surface area is 140 Å². The largest absolute Gasteiger partial charge is 0.339 e. The molecule has 5 heteroatoms. The fourth-order valence-corrected chi connectivity index (χ4v) is 2.20. The quantitative estimate of drug-likeness (QED) is 0.760. The molecule has 2 aromatic carbocycles. The number of amides is 1. The number of rotatable bonds is 4. The van der Waals surface area contributed by atoms with E-state index in [0.29, 0.717) is 5.82 Å². The predicted octanol–water partition coefficient (Wildman–Crippen LogP) is 4.09. The lowest BCUT2D eigenvalue weighted by molar-refractivity contribution is 0.102. The van der Waals surface area contributed by atoms with Gasteiger partial charge in [-0.2, -0.15) is 0 Å². The van der Waals surface area contributed by atoms with Crippen molar-refractivity contribution in [3.63, 3.8) is 0 Å². The van der Waals surface area contributed by atoms with Gasteiger partial charge in [-0.05, 0) is 49.7 Å². The van der Waals surface area contributed by atoms with Crippen molar-refractivity contribution in [2.45, 2.75) is 13.8 Å². The van der Waals surface area contributed by atoms with E-state index in [9.17, 15) is 4.79 Å². The van der Waals surface area contributed by atoms with Gasteiger partial charge in [0.2, 0.25) is 0 Å². The van der Waals surface area contributed by atoms with Gasteiger partial charge in [0, 0.05) is 11.4 Å². The highest BCUT2D eigenvalue weighted by Gasteiger charge is 2.09. The summed E-state index contributed by atoms with van der Waals surface area (Å²) in [5.41, 5.74) is 4.21. The SMILES string of the molecule is Cc1ccc(NC(=O)c2ccc(Nc3ccccc3C)nn2)cc1. The van der Waals surface area contributed by atoms with E-state index in [-0.39, 0.29) is 11.6 Å². The smallest absolute Gasteiger partial charge is 0.276 e. The van der Waals surface area contributed by atoms with Gasteiger partial charge in [0.15, 0.2) is 11.5 Å². The van der Waals surface area contributed by atoms with Gasteiger partial charge in [0.1, 0.15) is 0 Å². The zero-order valence-corrected chi connectivity index (χ0v) is 13.6. The van der Waals surface area contributed by atoms with Gasteiger partial charge in [0.05, 0.1) is 0 Å². The first-order valence-corrected chi connectivity index (χ1v) is 7.66. The Morgan fingerprint density at radius 1 is 0.875 bits per heavy atom. The van der Waals surface area contributed by atoms with E-state index in [1.165, 1.54) is 0 Å². The molecule has 0 spiro atoms. The molecule has 1 amide bonds. The summed E-state index contributed by atoms with van der Waals surface area (Å²) in [7, 11) is 0. The van der Waals surface area contributed by atoms with E-state index in [4.69, 9.17) is 0 Å². The van der Waals surface area contributed by atoms with Gasteiger partial charge < -0.3 is 10.6 Å². The van der Waals surface area contributed by atoms with E-state index in [0.717, 1.165) is 22.5 Å². The number of carbonyl (C=O) groups is 1. The number of hydrogen-bond donors (Lipinski definition) is 2. The molecule has 0 unspecified atom stereocenters. The Morgan fingerprint density at radius 3 is 2.29 bits per heavy atom. The number of aromatic nitrogens is 2. The second-order valence-electron chi connectivity index (χ2n) is 5.56. The summed E-state index contributed by atoms with van der Waals surface area (Å²) in [4.78, 5) is 12.2. The number of carbonyl (C=O) groups excluding carboxylic acids is 1. The predicted molar refractivity (Wildman–Crippen MR) is 95.6 cm³/mol. The number of anilines is 3. The standard InChI is InChI=1S/C19H18N4O/c1-13-7-9-15(10-8-13)20-19(24)17-11-12-18(23-22-17)21-16-6-4-3-5-14(16)2/h3-12H,1-2H3,(H,20,24)(H,21,23). The molecular formula is C19H18N4O. The van der Waals surface area contributed by atoms with Crippen LogP contribution in [0.25, 0.3) is 0 Å². The van der Waals surface area contributed by atoms with Crippen LogP contribution in [0.4, 0.5) is 17.2 Å². The molecule has 1 heterocycles. The fraction of sp³-hybridized carbons (Fsp3) is 0.105. The minimum Gasteiger partial charge on any atom is -0.339 e. The van der Waals surface area contributed by atoms with Crippen LogP contribution < -0.4 is 10.6 Å². The molecule has 0 atom stereocenters. The summed E-state index contributed by atoms with van der Waals surface area (Å²) in [5, 5.41) is 14.1. The van der Waals surface area contributed by atoms with Crippen LogP contribution in [-0.2, 0) is 0 Å². The Morgan fingerprint density at radius 2 is 1.62 bits per heavy atom. The zero-order valence-electron chi connectivity index (χ0n) is 13.6. The average Bonchev–Trinajstić information content (AvgIpc) is 2.59. The molecule has 5 nitrogen and oxygen atoms in total. The summed E-state index contributed by atoms with van der Waals surface area (Å²) in [6.07, 6.45) is 0. The molecule has 1 aromatic heterocycles. The second-order valence-corrected chi connectivity index (χ2v) is 5.56. The Bertz CT molecular complexity index is 842. The van der Waals surface area contributed by atoms with Crippen LogP contribution in [0.15, 0.2) is 60.7 Å². The molecule has 24 heavy (non-hydrogen) atoms. The van der Waals surface area contributed by atoms with Gasteiger partial charge in [-0.3, -0.25) is 4.79 Å². The maximum absolute atomic E-state index is 12.2. The Hall–Kier alpha value is -3.21. The minimum atomic E-state index is -0.284. The van der Waals surface area contributed by atoms with E-state index >= 15 is 0 Å². The lowest BCUT2D eigenvalue weighted by atomic mass is 10.2. The highest BCUT2D eigenvalue weighted by Crippen LogP contribution is 2.18. The fourth-order valence-electron chi connectivity index (χ4n) is 2.20. The first-order chi connectivity index (χ1) is 11.6. The third-order valence-corrected chi connectivity index (χ3v) is 3.61. The molecule has 0 bridgehead atoms. The van der Waals surface area contributed by atoms with Crippen LogP contribution in [0, 0.1) is 13.8 Å². The van der Waals surface area contributed by atoms with Crippen molar-refractivity contribution in [3.8, 4) is 0 Å². The summed E-state index contributed by atoms with van der Waals surface area (Å²) in [5.74, 6) is 0.310. The normalized spacial score (nSPS) is 10.2. The van der Waals surface area contributed by atoms with Crippen molar-refractivity contribution in [2.24, 2.45) is 0 Å². The first-order valence-electron chi connectivity index (χ1n) is 7.66. The molecule has 0 saturated carbocycles. The molecule has 120 valence electrons. The van der Waals surface area contributed by atoms with Crippen LogP contribution in [0.3, 0.4) is 0 Å². The van der Waals surface area contributed by atoms with Gasteiger partial charge in [0.25, 0.3) is 5.91 Å². The van der Waals surface area contributed by atoms with Gasteiger partial charge in [-0.15, -0.1) is 10.2 Å². The van der Waals surface area contributed by atoms with E-state index < -0.39 is 0 Å². The Kier molecular flexibility index (Phi) is 4.52. The molecular weight excluding hydrogens is 300 g/mol. The molecule has 0 aliphatic heterocycles. The number of nitrogens with one attached hydrogen (secondary N) is 2. The topological polar surface area (TPSA) is 66.9 Å². The van der Waals surface area contributed by atoms with E-state index in [1.54, 1.807) is 12.1 Å². The molecule has 0 saturated heterocycles. The maximum Gasteiger partial charge on any atom is 0.276 e. The van der Waals surface area contributed by atoms with E-state index in [2.05, 4.69) is 20.8 Å². The highest BCUT2D eigenvalue weighted by molar-refractivity contribution is 6.02. The van der Waals surface area contributed by atoms with Crippen LogP contribution >= 0.6 is 0 Å². The number of para-hydroxylation sites is 1. The summed E-state index contributed by atoms with van der Waals surface area (Å²) >= 11 is 0. The molecule has 3 aromatic rings. The summed E-state index contributed by atoms with van der Waals surface area (Å²) in [6.45, 7) is 4.01. The molecule has 2 N–H and O–H groups in total. The summed E-state index contributed by atoms with van der Waals surface area (Å²) in [6, 6.07) is 18.9. The monoisotopic (exact) mass is 318 g/mol. The third-order valence-electron chi connectivity index (χ3n) is 3.61. The van der Waals surface area contributed by atoms with Gasteiger partial charge in [-0.1, -0.05) is 35.9 Å². The first kappa shape index (κ1) is 15.7. The molecule has 0 aliphatic carbocycles. The molecule has 0 aliphatic rings. The Balaban J connectivity index is 1.68. The number of nitrogens with zero attached hydrogens (tertiary/aromatic N) is 2. The molecule has 0 fully saturated rings. The minimum absolute atomic E-state index is 0.269. The van der Waals surface area contributed by atoms with Crippen molar-refractivity contribution in [1.82, 2.24) is 10.2 Å². The van der Waals surface area contributed by atoms with Crippen molar-refractivity contribution in [3.05, 3.63) is 77.5 Å². The second kappa shape index (κ2) is 6.91. The van der Waals surface area contributed by atoms with Crippen LogP contribution in [0.5, 0.6) is 0 Å². The van der Waals surface area contributed by atoms with Crippen molar-refractivity contribution in [1.29, 1.82) is 0 Å². The third kappa shape index (κ3) is 3.76.